The number of amides is 3. The summed E-state index contributed by atoms with van der Waals surface area (Å²) in [5, 5.41) is 15.9. The van der Waals surface area contributed by atoms with E-state index < -0.39 is 47.9 Å². The van der Waals surface area contributed by atoms with Crippen molar-refractivity contribution in [2.45, 2.75) is 24.2 Å². The van der Waals surface area contributed by atoms with Gasteiger partial charge in [0.05, 0.1) is 6.04 Å². The molecule has 6 N–H and O–H groups in total. The van der Waals surface area contributed by atoms with Crippen LogP contribution >= 0.6 is 50.5 Å². The van der Waals surface area contributed by atoms with Crippen molar-refractivity contribution in [3.8, 4) is 0 Å². The van der Waals surface area contributed by atoms with E-state index in [1.54, 1.807) is 0 Å². The maximum atomic E-state index is 12.2. The quantitative estimate of drug-likeness (QED) is 0.166. The Balaban J connectivity index is 4.86. The molecule has 0 fully saturated rings. The lowest BCUT2D eigenvalue weighted by Crippen LogP contribution is -2.58. The van der Waals surface area contributed by atoms with Gasteiger partial charge in [-0.1, -0.05) is 0 Å². The zero-order chi connectivity index (χ0) is 19.6. The Kier molecular flexibility index (Phi) is 12.2. The Bertz CT molecular complexity index is 496. The van der Waals surface area contributed by atoms with Gasteiger partial charge in [-0.3, -0.25) is 14.4 Å². The first kappa shape index (κ1) is 24.2. The van der Waals surface area contributed by atoms with E-state index in [9.17, 15) is 19.2 Å². The van der Waals surface area contributed by atoms with Crippen molar-refractivity contribution in [2.75, 3.05) is 23.0 Å². The topological polar surface area (TPSA) is 151 Å². The molecule has 0 aliphatic heterocycles. The monoisotopic (exact) mass is 430 g/mol. The summed E-state index contributed by atoms with van der Waals surface area (Å²) in [5.74, 6) is -3.40. The Morgan fingerprint density at radius 2 is 1.08 bits per heavy atom. The van der Waals surface area contributed by atoms with Gasteiger partial charge in [-0.2, -0.15) is 50.5 Å². The molecule has 3 amide bonds. The summed E-state index contributed by atoms with van der Waals surface area (Å²) >= 11 is 15.7. The van der Waals surface area contributed by atoms with Gasteiger partial charge >= 0.3 is 5.97 Å². The van der Waals surface area contributed by atoms with Gasteiger partial charge in [0.1, 0.15) is 18.1 Å². The molecule has 0 aromatic carbocycles. The maximum absolute atomic E-state index is 12.2. The predicted molar refractivity (Wildman–Crippen MR) is 107 cm³/mol. The van der Waals surface area contributed by atoms with E-state index in [1.165, 1.54) is 0 Å². The summed E-state index contributed by atoms with van der Waals surface area (Å²) in [4.78, 5) is 46.9. The molecule has 144 valence electrons. The molecule has 0 aliphatic rings. The van der Waals surface area contributed by atoms with Crippen molar-refractivity contribution in [3.05, 3.63) is 0 Å². The van der Waals surface area contributed by atoms with Crippen LogP contribution in [0.25, 0.3) is 0 Å². The van der Waals surface area contributed by atoms with E-state index >= 15 is 0 Å². The average molecular weight is 431 g/mol. The summed E-state index contributed by atoms with van der Waals surface area (Å²) in [6.07, 6.45) is 0. The second kappa shape index (κ2) is 12.6. The van der Waals surface area contributed by atoms with Gasteiger partial charge in [0.2, 0.25) is 17.7 Å². The number of aliphatic carboxylic acids is 1. The zero-order valence-electron chi connectivity index (χ0n) is 13.1. The van der Waals surface area contributed by atoms with Crippen molar-refractivity contribution in [3.63, 3.8) is 0 Å². The minimum atomic E-state index is -1.26. The molecule has 0 aromatic heterocycles. The van der Waals surface area contributed by atoms with Gasteiger partial charge in [-0.15, -0.1) is 0 Å². The number of carboxylic acid groups (broad SMARTS) is 1. The number of nitrogens with two attached hydrogens (primary N) is 1. The SMILES string of the molecule is NC(CS)C(=O)NC(CS)C(=O)NC(CS)C(=O)NC(CS)C(=O)O. The molecular weight excluding hydrogens is 408 g/mol. The molecular formula is C12H22N4O5S4. The smallest absolute Gasteiger partial charge is 0.327 e. The molecule has 4 atom stereocenters. The first-order chi connectivity index (χ1) is 11.7. The fourth-order valence-corrected chi connectivity index (χ4v) is 2.41. The number of thiol groups is 4. The van der Waals surface area contributed by atoms with E-state index in [1.807, 2.05) is 0 Å². The van der Waals surface area contributed by atoms with E-state index in [2.05, 4.69) is 66.5 Å². The number of carboxylic acids is 1. The summed E-state index contributed by atoms with van der Waals surface area (Å²) in [6, 6.07) is -4.23. The number of nitrogens with one attached hydrogen (secondary N) is 3. The van der Waals surface area contributed by atoms with Crippen LogP contribution in [0.4, 0.5) is 0 Å². The van der Waals surface area contributed by atoms with Gasteiger partial charge in [-0.25, -0.2) is 4.79 Å². The number of hydrogen-bond donors (Lipinski definition) is 9. The zero-order valence-corrected chi connectivity index (χ0v) is 16.7. The van der Waals surface area contributed by atoms with Gasteiger partial charge < -0.3 is 26.8 Å². The fraction of sp³-hybridized carbons (Fsp3) is 0.667. The molecule has 4 unspecified atom stereocenters. The van der Waals surface area contributed by atoms with Crippen molar-refractivity contribution in [1.82, 2.24) is 16.0 Å². The van der Waals surface area contributed by atoms with E-state index in [4.69, 9.17) is 10.8 Å². The van der Waals surface area contributed by atoms with Gasteiger partial charge in [0, 0.05) is 23.0 Å². The number of carbonyl (C=O) groups is 4. The third-order valence-corrected chi connectivity index (χ3v) is 4.45. The molecule has 0 aromatic rings. The minimum Gasteiger partial charge on any atom is -0.480 e. The second-order valence-electron chi connectivity index (χ2n) is 4.86. The Hall–Kier alpha value is -0.760. The molecule has 9 nitrogen and oxygen atoms in total. The van der Waals surface area contributed by atoms with Crippen LogP contribution in [0.3, 0.4) is 0 Å². The van der Waals surface area contributed by atoms with Crippen LogP contribution in [0.2, 0.25) is 0 Å². The van der Waals surface area contributed by atoms with E-state index in [0.717, 1.165) is 0 Å². The number of rotatable bonds is 11. The Morgan fingerprint density at radius 1 is 0.720 bits per heavy atom. The minimum absolute atomic E-state index is 0.0355. The van der Waals surface area contributed by atoms with Crippen LogP contribution < -0.4 is 21.7 Å². The maximum Gasteiger partial charge on any atom is 0.327 e. The number of carbonyl (C=O) groups excluding carboxylic acids is 3. The van der Waals surface area contributed by atoms with Crippen LogP contribution in [0.1, 0.15) is 0 Å². The van der Waals surface area contributed by atoms with Gasteiger partial charge in [0.15, 0.2) is 0 Å². The van der Waals surface area contributed by atoms with Crippen molar-refractivity contribution >= 4 is 74.2 Å². The summed E-state index contributed by atoms with van der Waals surface area (Å²) in [6.45, 7) is 0. The Labute approximate surface area is 167 Å². The summed E-state index contributed by atoms with van der Waals surface area (Å²) < 4.78 is 0. The lowest BCUT2D eigenvalue weighted by atomic mass is 10.2. The van der Waals surface area contributed by atoms with Crippen molar-refractivity contribution < 1.29 is 24.3 Å². The fourth-order valence-electron chi connectivity index (χ4n) is 1.48. The lowest BCUT2D eigenvalue weighted by Gasteiger charge is -2.23. The van der Waals surface area contributed by atoms with Crippen molar-refractivity contribution in [1.29, 1.82) is 0 Å². The summed E-state index contributed by atoms with van der Waals surface area (Å²) in [5.41, 5.74) is 5.51. The van der Waals surface area contributed by atoms with Crippen LogP contribution in [0, 0.1) is 0 Å². The molecule has 0 radical (unpaired) electrons. The molecule has 25 heavy (non-hydrogen) atoms. The molecule has 0 aliphatic carbocycles. The highest BCUT2D eigenvalue weighted by atomic mass is 32.1. The Morgan fingerprint density at radius 3 is 1.40 bits per heavy atom. The van der Waals surface area contributed by atoms with Crippen LogP contribution in [-0.2, 0) is 19.2 Å². The summed E-state index contributed by atoms with van der Waals surface area (Å²) in [7, 11) is 0. The molecule has 0 rings (SSSR count). The highest BCUT2D eigenvalue weighted by Gasteiger charge is 2.28. The predicted octanol–water partition coefficient (Wildman–Crippen LogP) is -2.43. The first-order valence-electron chi connectivity index (χ1n) is 7.04. The molecule has 0 bridgehead atoms. The first-order valence-corrected chi connectivity index (χ1v) is 9.57. The van der Waals surface area contributed by atoms with Crippen LogP contribution in [-0.4, -0.2) is 76.0 Å². The van der Waals surface area contributed by atoms with Crippen LogP contribution in [0.15, 0.2) is 0 Å². The molecule has 0 heterocycles. The van der Waals surface area contributed by atoms with Gasteiger partial charge in [0.25, 0.3) is 0 Å². The third kappa shape index (κ3) is 8.44. The average Bonchev–Trinajstić information content (AvgIpc) is 2.59. The molecule has 0 saturated carbocycles. The van der Waals surface area contributed by atoms with Gasteiger partial charge in [-0.05, 0) is 0 Å². The highest BCUT2D eigenvalue weighted by Crippen LogP contribution is 1.97. The molecule has 0 spiro atoms. The lowest BCUT2D eigenvalue weighted by molar-refractivity contribution is -0.141. The standard InChI is InChI=1S/C12H22N4O5S4/c13-5(1-22)9(17)14-6(2-23)10(18)15-7(3-24)11(19)16-8(4-25)12(20)21/h5-8,22-25H,1-4,13H2,(H,14,17)(H,15,18)(H,16,19)(H,20,21). The highest BCUT2D eigenvalue weighted by molar-refractivity contribution is 7.80. The van der Waals surface area contributed by atoms with Crippen LogP contribution in [0.5, 0.6) is 0 Å². The molecule has 13 heteroatoms. The second-order valence-corrected chi connectivity index (χ2v) is 6.32. The van der Waals surface area contributed by atoms with E-state index in [-0.39, 0.29) is 23.0 Å². The normalized spacial score (nSPS) is 15.4. The largest absolute Gasteiger partial charge is 0.480 e. The third-order valence-electron chi connectivity index (χ3n) is 2.96. The van der Waals surface area contributed by atoms with E-state index in [0.29, 0.717) is 0 Å². The number of hydrogen-bond acceptors (Lipinski definition) is 9. The van der Waals surface area contributed by atoms with Crippen molar-refractivity contribution in [2.24, 2.45) is 5.73 Å². The molecule has 0 saturated heterocycles.